The Morgan fingerprint density at radius 3 is 2.81 bits per heavy atom. The normalized spacial score (nSPS) is 17.3. The minimum absolute atomic E-state index is 0.0192. The van der Waals surface area contributed by atoms with E-state index in [1.807, 2.05) is 16.7 Å². The van der Waals surface area contributed by atoms with Gasteiger partial charge in [-0.1, -0.05) is 26.0 Å². The highest BCUT2D eigenvalue weighted by Crippen LogP contribution is 2.23. The van der Waals surface area contributed by atoms with Gasteiger partial charge in [-0.3, -0.25) is 9.78 Å². The highest BCUT2D eigenvalue weighted by atomic mass is 32.2. The second-order valence-electron chi connectivity index (χ2n) is 6.75. The number of nitrogens with zero attached hydrogens (tertiary/aromatic N) is 3. The van der Waals surface area contributed by atoms with Crippen molar-refractivity contribution >= 4 is 17.7 Å². The van der Waals surface area contributed by atoms with Gasteiger partial charge < -0.3 is 9.64 Å². The number of thioether (sulfide) groups is 1. The van der Waals surface area contributed by atoms with E-state index in [1.54, 1.807) is 18.6 Å². The molecule has 1 aromatic heterocycles. The molecule has 0 aliphatic carbocycles. The van der Waals surface area contributed by atoms with Crippen LogP contribution in [0.3, 0.4) is 0 Å². The third kappa shape index (κ3) is 5.46. The van der Waals surface area contributed by atoms with Gasteiger partial charge >= 0.3 is 0 Å². The molecule has 1 saturated heterocycles. The molecule has 1 aliphatic heterocycles. The van der Waals surface area contributed by atoms with Crippen LogP contribution in [0.5, 0.6) is 5.88 Å². The van der Waals surface area contributed by atoms with Gasteiger partial charge in [0.1, 0.15) is 6.10 Å². The molecular weight excluding hydrogens is 346 g/mol. The van der Waals surface area contributed by atoms with E-state index in [-0.39, 0.29) is 12.0 Å². The molecule has 0 spiro atoms. The maximum absolute atomic E-state index is 12.7. The van der Waals surface area contributed by atoms with Gasteiger partial charge in [0.05, 0.1) is 19.2 Å². The number of hydrogen-bond donors (Lipinski definition) is 0. The fourth-order valence-corrected chi connectivity index (χ4v) is 3.86. The Balaban J connectivity index is 1.54. The van der Waals surface area contributed by atoms with E-state index < -0.39 is 0 Å². The van der Waals surface area contributed by atoms with Gasteiger partial charge in [0.2, 0.25) is 11.8 Å². The van der Waals surface area contributed by atoms with Crippen molar-refractivity contribution in [1.82, 2.24) is 14.9 Å². The zero-order valence-corrected chi connectivity index (χ0v) is 16.1. The molecule has 1 amide bonds. The molecule has 138 valence electrons. The van der Waals surface area contributed by atoms with Crippen LogP contribution in [-0.2, 0) is 11.2 Å². The molecule has 1 aliphatic rings. The molecule has 1 atom stereocenters. The number of amides is 1. The minimum Gasteiger partial charge on any atom is -0.471 e. The lowest BCUT2D eigenvalue weighted by Gasteiger charge is -2.32. The molecule has 1 aromatic carbocycles. The van der Waals surface area contributed by atoms with E-state index >= 15 is 0 Å². The van der Waals surface area contributed by atoms with E-state index in [0.717, 1.165) is 24.9 Å². The standard InChI is InChI=1S/C20H25N3O2S/c1-15(2)26-18-7-5-16(6-8-18)12-20(24)23-11-3-4-17(14-23)25-19-13-21-9-10-22-19/h5-10,13,15,17H,3-4,11-12,14H2,1-2H3. The second kappa shape index (κ2) is 9.03. The van der Waals surface area contributed by atoms with Crippen LogP contribution in [-0.4, -0.2) is 45.2 Å². The number of ether oxygens (including phenoxy) is 1. The van der Waals surface area contributed by atoms with Gasteiger partial charge in [-0.25, -0.2) is 4.98 Å². The number of benzene rings is 1. The Morgan fingerprint density at radius 1 is 1.31 bits per heavy atom. The van der Waals surface area contributed by atoms with Gasteiger partial charge in [-0.2, -0.15) is 0 Å². The highest BCUT2D eigenvalue weighted by Gasteiger charge is 2.25. The largest absolute Gasteiger partial charge is 0.471 e. The molecule has 6 heteroatoms. The third-order valence-electron chi connectivity index (χ3n) is 4.21. The summed E-state index contributed by atoms with van der Waals surface area (Å²) in [6, 6.07) is 8.31. The first-order valence-electron chi connectivity index (χ1n) is 9.06. The minimum atomic E-state index is -0.0192. The van der Waals surface area contributed by atoms with Crippen molar-refractivity contribution in [3.8, 4) is 5.88 Å². The fraction of sp³-hybridized carbons (Fsp3) is 0.450. The number of carbonyl (C=O) groups is 1. The molecule has 1 unspecified atom stereocenters. The summed E-state index contributed by atoms with van der Waals surface area (Å²) < 4.78 is 5.87. The summed E-state index contributed by atoms with van der Waals surface area (Å²) in [5.41, 5.74) is 1.06. The number of hydrogen-bond acceptors (Lipinski definition) is 5. The maximum atomic E-state index is 12.7. The van der Waals surface area contributed by atoms with Gasteiger partial charge in [-0.05, 0) is 30.5 Å². The fourth-order valence-electron chi connectivity index (χ4n) is 3.02. The predicted molar refractivity (Wildman–Crippen MR) is 103 cm³/mol. The van der Waals surface area contributed by atoms with Gasteiger partial charge in [-0.15, -0.1) is 11.8 Å². The number of likely N-dealkylation sites (tertiary alicyclic amines) is 1. The summed E-state index contributed by atoms with van der Waals surface area (Å²) in [5, 5.41) is 0.557. The molecular formula is C20H25N3O2S. The molecule has 1 fully saturated rings. The van der Waals surface area contributed by atoms with Crippen LogP contribution >= 0.6 is 11.8 Å². The lowest BCUT2D eigenvalue weighted by Crippen LogP contribution is -2.45. The van der Waals surface area contributed by atoms with Crippen LogP contribution < -0.4 is 4.74 Å². The number of piperidine rings is 1. The van der Waals surface area contributed by atoms with Crippen LogP contribution in [0.1, 0.15) is 32.3 Å². The average molecular weight is 372 g/mol. The molecule has 3 rings (SSSR count). The molecule has 0 N–H and O–H groups in total. The Kier molecular flexibility index (Phi) is 6.50. The number of aromatic nitrogens is 2. The second-order valence-corrected chi connectivity index (χ2v) is 8.40. The molecule has 2 heterocycles. The smallest absolute Gasteiger partial charge is 0.232 e. The van der Waals surface area contributed by atoms with Crippen molar-refractivity contribution in [2.75, 3.05) is 13.1 Å². The van der Waals surface area contributed by atoms with Gasteiger partial charge in [0.15, 0.2) is 0 Å². The third-order valence-corrected chi connectivity index (χ3v) is 5.22. The summed E-state index contributed by atoms with van der Waals surface area (Å²) >= 11 is 1.83. The van der Waals surface area contributed by atoms with Crippen molar-refractivity contribution in [3.63, 3.8) is 0 Å². The molecule has 0 radical (unpaired) electrons. The lowest BCUT2D eigenvalue weighted by molar-refractivity contribution is -0.133. The lowest BCUT2D eigenvalue weighted by atomic mass is 10.1. The molecule has 0 bridgehead atoms. The van der Waals surface area contributed by atoms with Crippen molar-refractivity contribution in [2.24, 2.45) is 0 Å². The van der Waals surface area contributed by atoms with Crippen molar-refractivity contribution in [3.05, 3.63) is 48.4 Å². The molecule has 26 heavy (non-hydrogen) atoms. The first-order chi connectivity index (χ1) is 12.6. The molecule has 5 nitrogen and oxygen atoms in total. The van der Waals surface area contributed by atoms with Crippen LogP contribution in [0, 0.1) is 0 Å². The first kappa shape index (κ1) is 18.7. The Morgan fingerprint density at radius 2 is 2.12 bits per heavy atom. The summed E-state index contributed by atoms with van der Waals surface area (Å²) in [7, 11) is 0. The molecule has 0 saturated carbocycles. The van der Waals surface area contributed by atoms with E-state index in [1.165, 1.54) is 4.90 Å². The van der Waals surface area contributed by atoms with Crippen LogP contribution in [0.4, 0.5) is 0 Å². The van der Waals surface area contributed by atoms with E-state index in [9.17, 15) is 4.79 Å². The summed E-state index contributed by atoms with van der Waals surface area (Å²) in [4.78, 5) is 24.0. The average Bonchev–Trinajstić information content (AvgIpc) is 2.64. The Bertz CT molecular complexity index is 707. The predicted octanol–water partition coefficient (Wildman–Crippen LogP) is 3.59. The van der Waals surface area contributed by atoms with Crippen molar-refractivity contribution < 1.29 is 9.53 Å². The van der Waals surface area contributed by atoms with Gasteiger partial charge in [0, 0.05) is 29.1 Å². The number of rotatable bonds is 6. The van der Waals surface area contributed by atoms with E-state index in [2.05, 4.69) is 48.1 Å². The van der Waals surface area contributed by atoms with Gasteiger partial charge in [0.25, 0.3) is 0 Å². The van der Waals surface area contributed by atoms with Crippen molar-refractivity contribution in [2.45, 2.75) is 49.4 Å². The van der Waals surface area contributed by atoms with Crippen LogP contribution in [0.25, 0.3) is 0 Å². The van der Waals surface area contributed by atoms with E-state index in [0.29, 0.717) is 24.1 Å². The zero-order chi connectivity index (χ0) is 18.4. The first-order valence-corrected chi connectivity index (χ1v) is 9.94. The topological polar surface area (TPSA) is 55.3 Å². The summed E-state index contributed by atoms with van der Waals surface area (Å²) in [6.45, 7) is 5.76. The highest BCUT2D eigenvalue weighted by molar-refractivity contribution is 7.99. The Hall–Kier alpha value is -2.08. The van der Waals surface area contributed by atoms with Crippen LogP contribution in [0.2, 0.25) is 0 Å². The van der Waals surface area contributed by atoms with E-state index in [4.69, 9.17) is 4.74 Å². The number of carbonyl (C=O) groups excluding carboxylic acids is 1. The summed E-state index contributed by atoms with van der Waals surface area (Å²) in [5.74, 6) is 0.673. The maximum Gasteiger partial charge on any atom is 0.232 e. The summed E-state index contributed by atoms with van der Waals surface area (Å²) in [6.07, 6.45) is 7.13. The molecule has 2 aromatic rings. The zero-order valence-electron chi connectivity index (χ0n) is 15.3. The van der Waals surface area contributed by atoms with Crippen LogP contribution in [0.15, 0.2) is 47.8 Å². The Labute approximate surface area is 159 Å². The quantitative estimate of drug-likeness (QED) is 0.727. The SMILES string of the molecule is CC(C)Sc1ccc(CC(=O)N2CCCC(Oc3cnccn3)C2)cc1. The monoisotopic (exact) mass is 371 g/mol. The van der Waals surface area contributed by atoms with Crippen molar-refractivity contribution in [1.29, 1.82) is 0 Å².